The Kier molecular flexibility index (Phi) is 6.13. The van der Waals surface area contributed by atoms with Crippen LogP contribution >= 0.6 is 23.1 Å². The summed E-state index contributed by atoms with van der Waals surface area (Å²) >= 11 is 3.18. The van der Waals surface area contributed by atoms with Crippen molar-refractivity contribution in [2.24, 2.45) is 0 Å². The molecule has 0 aliphatic rings. The lowest BCUT2D eigenvalue weighted by Gasteiger charge is -2.23. The molecule has 0 aliphatic heterocycles. The fourth-order valence-electron chi connectivity index (χ4n) is 2.98. The van der Waals surface area contributed by atoms with Gasteiger partial charge in [-0.25, -0.2) is 9.50 Å². The first kappa shape index (κ1) is 19.8. The van der Waals surface area contributed by atoms with E-state index in [0.29, 0.717) is 17.5 Å². The van der Waals surface area contributed by atoms with Crippen LogP contribution in [0, 0.1) is 13.8 Å². The number of nitrogens with one attached hydrogen (secondary N) is 1. The minimum atomic E-state index is -0.0176. The van der Waals surface area contributed by atoms with Crippen LogP contribution in [0.15, 0.2) is 22.7 Å². The second-order valence-corrected chi connectivity index (χ2v) is 8.30. The van der Waals surface area contributed by atoms with E-state index in [1.54, 1.807) is 15.9 Å². The zero-order valence-corrected chi connectivity index (χ0v) is 17.8. The third-order valence-electron chi connectivity index (χ3n) is 4.54. The molecular formula is C18H24N6OS2. The zero-order chi connectivity index (χ0) is 19.6. The first-order chi connectivity index (χ1) is 12.9. The molecule has 1 N–H and O–H groups in total. The summed E-state index contributed by atoms with van der Waals surface area (Å²) in [6, 6.07) is 4.30. The largest absolute Gasteiger partial charge is 0.354 e. The van der Waals surface area contributed by atoms with Crippen LogP contribution in [0.5, 0.6) is 0 Å². The molecule has 1 atom stereocenters. The maximum atomic E-state index is 12.6. The maximum absolute atomic E-state index is 12.6. The minimum Gasteiger partial charge on any atom is -0.354 e. The van der Waals surface area contributed by atoms with E-state index in [9.17, 15) is 4.79 Å². The number of hydrogen-bond acceptors (Lipinski definition) is 7. The highest BCUT2D eigenvalue weighted by Crippen LogP contribution is 2.22. The van der Waals surface area contributed by atoms with Gasteiger partial charge >= 0.3 is 0 Å². The van der Waals surface area contributed by atoms with Crippen LogP contribution in [0.2, 0.25) is 0 Å². The molecule has 0 saturated carbocycles. The molecule has 0 fully saturated rings. The summed E-state index contributed by atoms with van der Waals surface area (Å²) in [5.74, 6) is 0.555. The number of thioether (sulfide) groups is 1. The monoisotopic (exact) mass is 404 g/mol. The number of carbonyl (C=O) groups is 1. The van der Waals surface area contributed by atoms with E-state index in [-0.39, 0.29) is 18.4 Å². The van der Waals surface area contributed by atoms with Crippen LogP contribution in [-0.4, -0.2) is 57.3 Å². The van der Waals surface area contributed by atoms with E-state index in [1.165, 1.54) is 16.6 Å². The Bertz CT molecular complexity index is 935. The van der Waals surface area contributed by atoms with Crippen molar-refractivity contribution in [2.45, 2.75) is 31.5 Å². The first-order valence-electron chi connectivity index (χ1n) is 8.64. The number of hydrogen-bond donors (Lipinski definition) is 1. The van der Waals surface area contributed by atoms with Gasteiger partial charge in [0.15, 0.2) is 0 Å². The number of thiophene rings is 1. The lowest BCUT2D eigenvalue weighted by atomic mass is 10.1. The summed E-state index contributed by atoms with van der Waals surface area (Å²) in [4.78, 5) is 24.9. The topological polar surface area (TPSA) is 75.4 Å². The van der Waals surface area contributed by atoms with Crippen LogP contribution in [0.25, 0.3) is 5.78 Å². The number of aryl methyl sites for hydroxylation is 2. The van der Waals surface area contributed by atoms with E-state index in [0.717, 1.165) is 17.0 Å². The van der Waals surface area contributed by atoms with Gasteiger partial charge in [0.25, 0.3) is 5.78 Å². The van der Waals surface area contributed by atoms with Crippen LogP contribution in [0.4, 0.5) is 0 Å². The average Bonchev–Trinajstić information content (AvgIpc) is 3.28. The highest BCUT2D eigenvalue weighted by atomic mass is 32.2. The standard InChI is InChI=1S/C18H24N6OS2/c1-11-13(12(2)24-17(20-11)21-18(22-24)26-5)9-16(25)19-10-14(23(3)4)15-7-6-8-27-15/h6-8,14H,9-10H2,1-5H3,(H,19,25). The van der Waals surface area contributed by atoms with Gasteiger partial charge in [0.2, 0.25) is 11.1 Å². The fourth-order valence-corrected chi connectivity index (χ4v) is 4.24. The predicted octanol–water partition coefficient (Wildman–Crippen LogP) is 2.49. The number of aromatic nitrogens is 4. The first-order valence-corrected chi connectivity index (χ1v) is 10.7. The Labute approximate surface area is 167 Å². The molecule has 144 valence electrons. The van der Waals surface area contributed by atoms with Gasteiger partial charge in [-0.05, 0) is 45.6 Å². The molecule has 0 saturated heterocycles. The van der Waals surface area contributed by atoms with Crippen molar-refractivity contribution in [3.63, 3.8) is 0 Å². The molecule has 3 aromatic rings. The summed E-state index contributed by atoms with van der Waals surface area (Å²) in [5.41, 5.74) is 2.62. The molecular weight excluding hydrogens is 380 g/mol. The van der Waals surface area contributed by atoms with E-state index in [1.807, 2.05) is 40.3 Å². The third-order valence-corrected chi connectivity index (χ3v) is 6.05. The molecule has 1 unspecified atom stereocenters. The lowest BCUT2D eigenvalue weighted by molar-refractivity contribution is -0.120. The van der Waals surface area contributed by atoms with Gasteiger partial charge in [-0.1, -0.05) is 17.8 Å². The quantitative estimate of drug-likeness (QED) is 0.610. The Balaban J connectivity index is 1.74. The second-order valence-electron chi connectivity index (χ2n) is 6.55. The van der Waals surface area contributed by atoms with Crippen LogP contribution in [-0.2, 0) is 11.2 Å². The van der Waals surface area contributed by atoms with Crippen LogP contribution in [0.3, 0.4) is 0 Å². The van der Waals surface area contributed by atoms with E-state index < -0.39 is 0 Å². The van der Waals surface area contributed by atoms with Gasteiger partial charge < -0.3 is 10.2 Å². The summed E-state index contributed by atoms with van der Waals surface area (Å²) in [5, 5.41) is 10.2. The molecule has 3 heterocycles. The smallest absolute Gasteiger partial charge is 0.253 e. The molecule has 3 rings (SSSR count). The van der Waals surface area contributed by atoms with Crippen molar-refractivity contribution >= 4 is 34.8 Å². The van der Waals surface area contributed by atoms with Gasteiger partial charge in [0.1, 0.15) is 0 Å². The summed E-state index contributed by atoms with van der Waals surface area (Å²) < 4.78 is 1.72. The molecule has 0 aliphatic carbocycles. The van der Waals surface area contributed by atoms with Crippen molar-refractivity contribution in [3.8, 4) is 0 Å². The molecule has 0 spiro atoms. The van der Waals surface area contributed by atoms with Gasteiger partial charge in [0, 0.05) is 28.4 Å². The van der Waals surface area contributed by atoms with Crippen molar-refractivity contribution < 1.29 is 4.79 Å². The van der Waals surface area contributed by atoms with Crippen molar-refractivity contribution in [3.05, 3.63) is 39.3 Å². The van der Waals surface area contributed by atoms with Crippen molar-refractivity contribution in [2.75, 3.05) is 26.9 Å². The van der Waals surface area contributed by atoms with E-state index in [4.69, 9.17) is 0 Å². The van der Waals surface area contributed by atoms with E-state index in [2.05, 4.69) is 36.7 Å². The van der Waals surface area contributed by atoms with Crippen LogP contribution < -0.4 is 5.32 Å². The molecule has 0 bridgehead atoms. The van der Waals surface area contributed by atoms with Crippen molar-refractivity contribution in [1.82, 2.24) is 29.8 Å². The predicted molar refractivity (Wildman–Crippen MR) is 109 cm³/mol. The van der Waals surface area contributed by atoms with Gasteiger partial charge in [-0.2, -0.15) is 4.98 Å². The SMILES string of the molecule is CSc1nc2nc(C)c(CC(=O)NCC(c3cccs3)N(C)C)c(C)n2n1. The summed E-state index contributed by atoms with van der Waals surface area (Å²) in [6.45, 7) is 4.44. The minimum absolute atomic E-state index is 0.0176. The number of carbonyl (C=O) groups excluding carboxylic acids is 1. The highest BCUT2D eigenvalue weighted by molar-refractivity contribution is 7.98. The molecule has 9 heteroatoms. The fraction of sp³-hybridized carbons (Fsp3) is 0.444. The lowest BCUT2D eigenvalue weighted by Crippen LogP contribution is -2.35. The number of rotatable bonds is 7. The van der Waals surface area contributed by atoms with Gasteiger partial charge in [-0.3, -0.25) is 4.79 Å². The highest BCUT2D eigenvalue weighted by Gasteiger charge is 2.19. The Morgan fingerprint density at radius 3 is 2.78 bits per heavy atom. The number of fused-ring (bicyclic) bond motifs is 1. The molecule has 0 radical (unpaired) electrons. The third kappa shape index (κ3) is 4.31. The van der Waals surface area contributed by atoms with Crippen molar-refractivity contribution in [1.29, 1.82) is 0 Å². The summed E-state index contributed by atoms with van der Waals surface area (Å²) in [6.07, 6.45) is 2.21. The van der Waals surface area contributed by atoms with E-state index >= 15 is 0 Å². The molecule has 3 aromatic heterocycles. The average molecular weight is 405 g/mol. The van der Waals surface area contributed by atoms with Gasteiger partial charge in [-0.15, -0.1) is 16.4 Å². The Morgan fingerprint density at radius 2 is 2.15 bits per heavy atom. The Hall–Kier alpha value is -1.97. The second kappa shape index (κ2) is 8.37. The number of amides is 1. The Morgan fingerprint density at radius 1 is 1.37 bits per heavy atom. The zero-order valence-electron chi connectivity index (χ0n) is 16.2. The molecule has 0 aromatic carbocycles. The maximum Gasteiger partial charge on any atom is 0.253 e. The number of likely N-dealkylation sites (N-methyl/N-ethyl adjacent to an activating group) is 1. The summed E-state index contributed by atoms with van der Waals surface area (Å²) in [7, 11) is 4.05. The molecule has 1 amide bonds. The molecule has 27 heavy (non-hydrogen) atoms. The van der Waals surface area contributed by atoms with Crippen LogP contribution in [0.1, 0.15) is 27.9 Å². The normalized spacial score (nSPS) is 12.7. The molecule has 7 nitrogen and oxygen atoms in total. The number of nitrogens with zero attached hydrogens (tertiary/aromatic N) is 5. The van der Waals surface area contributed by atoms with Gasteiger partial charge in [0.05, 0.1) is 12.5 Å².